The summed E-state index contributed by atoms with van der Waals surface area (Å²) in [5.74, 6) is -1.01. The van der Waals surface area contributed by atoms with E-state index >= 15 is 0 Å². The standard InChI is InChI=1S/C14H14ClFN4O2/c1-18-14(21)11-9(6-10(15)20-13(11)17)19-8-5-3-4-7(16)12(8)22-2/h3-6H,1-2H3,(H,18,21)(H3,17,19,20). The summed E-state index contributed by atoms with van der Waals surface area (Å²) in [7, 11) is 2.81. The molecule has 6 nitrogen and oxygen atoms in total. The van der Waals surface area contributed by atoms with Crippen molar-refractivity contribution < 1.29 is 13.9 Å². The van der Waals surface area contributed by atoms with Gasteiger partial charge in [0.05, 0.1) is 18.5 Å². The molecule has 0 saturated carbocycles. The zero-order valence-corrected chi connectivity index (χ0v) is 12.7. The Morgan fingerprint density at radius 3 is 2.77 bits per heavy atom. The molecule has 0 aliphatic carbocycles. The van der Waals surface area contributed by atoms with E-state index in [0.717, 1.165) is 0 Å². The fraction of sp³-hybridized carbons (Fsp3) is 0.143. The number of pyridine rings is 1. The van der Waals surface area contributed by atoms with E-state index in [9.17, 15) is 9.18 Å². The molecular formula is C14H14ClFN4O2. The number of amides is 1. The topological polar surface area (TPSA) is 89.3 Å². The number of nitrogens with one attached hydrogen (secondary N) is 2. The SMILES string of the molecule is CNC(=O)c1c(Nc2cccc(F)c2OC)cc(Cl)nc1N. The number of methoxy groups -OCH3 is 1. The summed E-state index contributed by atoms with van der Waals surface area (Å²) in [6.45, 7) is 0. The number of para-hydroxylation sites is 1. The number of carbonyl (C=O) groups excluding carboxylic acids is 1. The van der Waals surface area contributed by atoms with Gasteiger partial charge >= 0.3 is 0 Å². The van der Waals surface area contributed by atoms with Gasteiger partial charge < -0.3 is 21.1 Å². The van der Waals surface area contributed by atoms with E-state index in [-0.39, 0.29) is 22.3 Å². The summed E-state index contributed by atoms with van der Waals surface area (Å²) < 4.78 is 18.7. The number of rotatable bonds is 4. The summed E-state index contributed by atoms with van der Waals surface area (Å²) in [6, 6.07) is 5.79. The van der Waals surface area contributed by atoms with E-state index in [2.05, 4.69) is 15.6 Å². The van der Waals surface area contributed by atoms with Gasteiger partial charge in [-0.05, 0) is 18.2 Å². The minimum Gasteiger partial charge on any atom is -0.492 e. The third kappa shape index (κ3) is 3.04. The first-order chi connectivity index (χ1) is 10.5. The van der Waals surface area contributed by atoms with Crippen molar-refractivity contribution in [3.63, 3.8) is 0 Å². The van der Waals surface area contributed by atoms with Crippen molar-refractivity contribution in [2.75, 3.05) is 25.2 Å². The van der Waals surface area contributed by atoms with Crippen LogP contribution in [0, 0.1) is 5.82 Å². The second kappa shape index (κ2) is 6.48. The van der Waals surface area contributed by atoms with Crippen LogP contribution in [-0.4, -0.2) is 25.0 Å². The zero-order chi connectivity index (χ0) is 16.3. The van der Waals surface area contributed by atoms with Gasteiger partial charge in [-0.15, -0.1) is 0 Å². The quantitative estimate of drug-likeness (QED) is 0.752. The van der Waals surface area contributed by atoms with Gasteiger partial charge in [0, 0.05) is 7.05 Å². The fourth-order valence-corrected chi connectivity index (χ4v) is 2.15. The molecule has 0 bridgehead atoms. The van der Waals surface area contributed by atoms with Crippen LogP contribution in [0.15, 0.2) is 24.3 Å². The predicted octanol–water partition coefficient (Wildman–Crippen LogP) is 2.57. The number of ether oxygens (including phenoxy) is 1. The van der Waals surface area contributed by atoms with Crippen LogP contribution in [0.4, 0.5) is 21.6 Å². The first-order valence-corrected chi connectivity index (χ1v) is 6.63. The molecule has 4 N–H and O–H groups in total. The molecule has 1 aromatic carbocycles. The van der Waals surface area contributed by atoms with Crippen LogP contribution in [0.2, 0.25) is 5.15 Å². The number of benzene rings is 1. The molecule has 0 aliphatic heterocycles. The number of hydrogen-bond donors (Lipinski definition) is 3. The van der Waals surface area contributed by atoms with Crippen molar-refractivity contribution in [2.45, 2.75) is 0 Å². The van der Waals surface area contributed by atoms with Crippen LogP contribution in [0.1, 0.15) is 10.4 Å². The van der Waals surface area contributed by atoms with Crippen molar-refractivity contribution >= 4 is 34.7 Å². The maximum Gasteiger partial charge on any atom is 0.256 e. The Kier molecular flexibility index (Phi) is 4.67. The lowest BCUT2D eigenvalue weighted by atomic mass is 10.1. The zero-order valence-electron chi connectivity index (χ0n) is 11.9. The maximum atomic E-state index is 13.7. The Morgan fingerprint density at radius 2 is 2.14 bits per heavy atom. The van der Waals surface area contributed by atoms with Gasteiger partial charge in [0.1, 0.15) is 16.5 Å². The van der Waals surface area contributed by atoms with E-state index in [0.29, 0.717) is 11.4 Å². The van der Waals surface area contributed by atoms with E-state index in [1.807, 2.05) is 0 Å². The van der Waals surface area contributed by atoms with Gasteiger partial charge in [0.25, 0.3) is 5.91 Å². The van der Waals surface area contributed by atoms with Gasteiger partial charge in [-0.2, -0.15) is 0 Å². The molecule has 1 heterocycles. The van der Waals surface area contributed by atoms with Crippen LogP contribution >= 0.6 is 11.6 Å². The highest BCUT2D eigenvalue weighted by Gasteiger charge is 2.18. The highest BCUT2D eigenvalue weighted by molar-refractivity contribution is 6.30. The predicted molar refractivity (Wildman–Crippen MR) is 83.3 cm³/mol. The van der Waals surface area contributed by atoms with Crippen LogP contribution in [-0.2, 0) is 0 Å². The average Bonchev–Trinajstić information content (AvgIpc) is 2.46. The molecule has 0 atom stereocenters. The van der Waals surface area contributed by atoms with E-state index in [4.69, 9.17) is 22.1 Å². The molecule has 0 spiro atoms. The normalized spacial score (nSPS) is 10.2. The average molecular weight is 325 g/mol. The molecule has 0 unspecified atom stereocenters. The number of nitrogens with two attached hydrogens (primary N) is 1. The molecule has 1 aromatic heterocycles. The molecule has 0 saturated heterocycles. The van der Waals surface area contributed by atoms with Crippen LogP contribution in [0.3, 0.4) is 0 Å². The largest absolute Gasteiger partial charge is 0.492 e. The highest BCUT2D eigenvalue weighted by Crippen LogP contribution is 2.33. The van der Waals surface area contributed by atoms with Crippen LogP contribution < -0.4 is 21.1 Å². The number of hydrogen-bond acceptors (Lipinski definition) is 5. The Hall–Kier alpha value is -2.54. The monoisotopic (exact) mass is 324 g/mol. The molecule has 0 radical (unpaired) electrons. The Balaban J connectivity index is 2.54. The van der Waals surface area contributed by atoms with Crippen LogP contribution in [0.25, 0.3) is 0 Å². The Morgan fingerprint density at radius 1 is 1.41 bits per heavy atom. The van der Waals surface area contributed by atoms with Crippen molar-refractivity contribution in [2.24, 2.45) is 0 Å². The lowest BCUT2D eigenvalue weighted by Gasteiger charge is -2.15. The molecule has 2 aromatic rings. The molecule has 2 rings (SSSR count). The van der Waals surface area contributed by atoms with Gasteiger partial charge in [-0.25, -0.2) is 9.37 Å². The lowest BCUT2D eigenvalue weighted by molar-refractivity contribution is 0.0964. The Bertz CT molecular complexity index is 724. The van der Waals surface area contributed by atoms with Crippen LogP contribution in [0.5, 0.6) is 5.75 Å². The molecule has 22 heavy (non-hydrogen) atoms. The number of anilines is 3. The molecule has 8 heteroatoms. The first kappa shape index (κ1) is 15.8. The van der Waals surface area contributed by atoms with E-state index < -0.39 is 11.7 Å². The number of aromatic nitrogens is 1. The molecule has 0 aliphatic rings. The molecule has 1 amide bonds. The van der Waals surface area contributed by atoms with Gasteiger partial charge in [-0.3, -0.25) is 4.79 Å². The van der Waals surface area contributed by atoms with Gasteiger partial charge in [0.15, 0.2) is 11.6 Å². The van der Waals surface area contributed by atoms with Crippen molar-refractivity contribution in [1.82, 2.24) is 10.3 Å². The summed E-state index contributed by atoms with van der Waals surface area (Å²) in [4.78, 5) is 15.8. The first-order valence-electron chi connectivity index (χ1n) is 6.25. The lowest BCUT2D eigenvalue weighted by Crippen LogP contribution is -2.21. The molecular weight excluding hydrogens is 311 g/mol. The number of nitrogens with zero attached hydrogens (tertiary/aromatic N) is 1. The molecule has 116 valence electrons. The number of carbonyl (C=O) groups is 1. The highest BCUT2D eigenvalue weighted by atomic mass is 35.5. The second-order valence-corrected chi connectivity index (χ2v) is 4.66. The summed E-state index contributed by atoms with van der Waals surface area (Å²) in [5, 5.41) is 5.46. The second-order valence-electron chi connectivity index (χ2n) is 4.28. The number of halogens is 2. The third-order valence-electron chi connectivity index (χ3n) is 2.91. The van der Waals surface area contributed by atoms with Crippen molar-refractivity contribution in [3.8, 4) is 5.75 Å². The summed E-state index contributed by atoms with van der Waals surface area (Å²) >= 11 is 5.87. The van der Waals surface area contributed by atoms with E-state index in [1.54, 1.807) is 6.07 Å². The molecule has 0 fully saturated rings. The fourth-order valence-electron chi connectivity index (χ4n) is 1.95. The van der Waals surface area contributed by atoms with Crippen molar-refractivity contribution in [3.05, 3.63) is 40.8 Å². The van der Waals surface area contributed by atoms with Gasteiger partial charge in [-0.1, -0.05) is 17.7 Å². The minimum atomic E-state index is -0.540. The smallest absolute Gasteiger partial charge is 0.256 e. The van der Waals surface area contributed by atoms with Gasteiger partial charge in [0.2, 0.25) is 0 Å². The summed E-state index contributed by atoms with van der Waals surface area (Å²) in [6.07, 6.45) is 0. The summed E-state index contributed by atoms with van der Waals surface area (Å²) in [5.41, 5.74) is 6.48. The number of nitrogen functional groups attached to an aromatic ring is 1. The van der Waals surface area contributed by atoms with Crippen molar-refractivity contribution in [1.29, 1.82) is 0 Å². The van der Waals surface area contributed by atoms with E-state index in [1.165, 1.54) is 32.4 Å². The Labute approximate surface area is 131 Å². The minimum absolute atomic E-state index is 0.0110. The third-order valence-corrected chi connectivity index (χ3v) is 3.10. The maximum absolute atomic E-state index is 13.7.